The van der Waals surface area contributed by atoms with Crippen LogP contribution < -0.4 is 9.64 Å². The largest absolute Gasteiger partial charge is 0.476 e. The van der Waals surface area contributed by atoms with E-state index in [0.717, 1.165) is 47.0 Å². The fourth-order valence-electron chi connectivity index (χ4n) is 7.49. The van der Waals surface area contributed by atoms with Crippen molar-refractivity contribution in [3.8, 4) is 23.1 Å². The molecule has 10 heteroatoms. The van der Waals surface area contributed by atoms with Crippen LogP contribution in [0.15, 0.2) is 67.4 Å². The van der Waals surface area contributed by atoms with Crippen LogP contribution >= 0.6 is 11.6 Å². The fourth-order valence-corrected chi connectivity index (χ4v) is 7.77. The van der Waals surface area contributed by atoms with Crippen LogP contribution in [0.2, 0.25) is 5.02 Å². The van der Waals surface area contributed by atoms with Crippen LogP contribution in [0.1, 0.15) is 25.7 Å². The lowest BCUT2D eigenvalue weighted by Gasteiger charge is -2.41. The van der Waals surface area contributed by atoms with Gasteiger partial charge in [-0.15, -0.1) is 0 Å². The maximum atomic E-state index is 14.5. The third-order valence-electron chi connectivity index (χ3n) is 9.62. The number of carbonyl (C=O) groups is 1. The number of aromatic nitrogens is 2. The number of ether oxygens (including phenoxy) is 1. The summed E-state index contributed by atoms with van der Waals surface area (Å²) in [4.78, 5) is 28.5. The standard InChI is InChI=1S/C35H34ClFN6O2/c1-2-32(44)43-15-14-41(21-26(43)10-12-38)30-17-31(45-22-35-11-5-13-42(35)20-25(37)18-35)40-29-16-24(19-39-34(29)30)27-8-3-6-23-7-4-9-28(36)33(23)27/h2-4,6-9,16-17,19,25-26H,1,5,10-11,13-15,18,20-22H2/t25-,26+,35+/m1/s1. The summed E-state index contributed by atoms with van der Waals surface area (Å²) in [6, 6.07) is 17.8. The molecule has 5 heterocycles. The van der Waals surface area contributed by atoms with Gasteiger partial charge < -0.3 is 14.5 Å². The average Bonchev–Trinajstić information content (AvgIpc) is 3.58. The highest BCUT2D eigenvalue weighted by Crippen LogP contribution is 2.41. The molecule has 8 nitrogen and oxygen atoms in total. The van der Waals surface area contributed by atoms with Crippen molar-refractivity contribution < 1.29 is 13.9 Å². The molecule has 0 aliphatic carbocycles. The molecular weight excluding hydrogens is 591 g/mol. The van der Waals surface area contributed by atoms with Gasteiger partial charge in [-0.1, -0.05) is 48.5 Å². The van der Waals surface area contributed by atoms with Gasteiger partial charge in [0.25, 0.3) is 0 Å². The lowest BCUT2D eigenvalue weighted by molar-refractivity contribution is -0.128. The first-order valence-corrected chi connectivity index (χ1v) is 15.8. The number of rotatable bonds is 7. The summed E-state index contributed by atoms with van der Waals surface area (Å²) < 4.78 is 20.9. The minimum Gasteiger partial charge on any atom is -0.476 e. The number of piperazine rings is 1. The van der Waals surface area contributed by atoms with E-state index >= 15 is 0 Å². The third kappa shape index (κ3) is 5.36. The van der Waals surface area contributed by atoms with Crippen LogP contribution in [0.3, 0.4) is 0 Å². The van der Waals surface area contributed by atoms with Gasteiger partial charge in [0.1, 0.15) is 18.3 Å². The Bertz CT molecular complexity index is 1840. The zero-order valence-electron chi connectivity index (χ0n) is 25.0. The van der Waals surface area contributed by atoms with Crippen LogP contribution in [0.25, 0.3) is 32.9 Å². The number of anilines is 1. The zero-order valence-corrected chi connectivity index (χ0v) is 25.7. The van der Waals surface area contributed by atoms with Crippen molar-refractivity contribution >= 4 is 45.0 Å². The Morgan fingerprint density at radius 1 is 1.20 bits per heavy atom. The van der Waals surface area contributed by atoms with Crippen molar-refractivity contribution in [2.75, 3.05) is 44.2 Å². The number of nitriles is 1. The molecule has 7 rings (SSSR count). The van der Waals surface area contributed by atoms with E-state index in [4.69, 9.17) is 26.3 Å². The van der Waals surface area contributed by atoms with Crippen molar-refractivity contribution in [1.29, 1.82) is 5.26 Å². The first-order chi connectivity index (χ1) is 21.9. The molecule has 45 heavy (non-hydrogen) atoms. The lowest BCUT2D eigenvalue weighted by atomic mass is 9.95. The maximum Gasteiger partial charge on any atom is 0.246 e. The van der Waals surface area contributed by atoms with E-state index in [0.29, 0.717) is 61.1 Å². The van der Waals surface area contributed by atoms with E-state index in [2.05, 4.69) is 22.4 Å². The number of pyridine rings is 2. The van der Waals surface area contributed by atoms with Gasteiger partial charge in [-0.25, -0.2) is 9.37 Å². The summed E-state index contributed by atoms with van der Waals surface area (Å²) >= 11 is 6.67. The van der Waals surface area contributed by atoms with Crippen LogP contribution in [-0.4, -0.2) is 82.8 Å². The van der Waals surface area contributed by atoms with Gasteiger partial charge >= 0.3 is 0 Å². The molecule has 0 N–H and O–H groups in total. The number of fused-ring (bicyclic) bond motifs is 3. The topological polar surface area (TPSA) is 85.6 Å². The van der Waals surface area contributed by atoms with Gasteiger partial charge in [0.2, 0.25) is 11.8 Å². The number of halogens is 2. The molecule has 0 bridgehead atoms. The summed E-state index contributed by atoms with van der Waals surface area (Å²) in [5.74, 6) is 0.260. The van der Waals surface area contributed by atoms with Gasteiger partial charge in [-0.2, -0.15) is 5.26 Å². The van der Waals surface area contributed by atoms with E-state index in [1.807, 2.05) is 54.7 Å². The molecule has 2 aromatic heterocycles. The molecule has 3 aliphatic heterocycles. The van der Waals surface area contributed by atoms with Gasteiger partial charge in [-0.05, 0) is 48.5 Å². The molecule has 0 radical (unpaired) electrons. The Hall–Kier alpha value is -4.26. The minimum absolute atomic E-state index is 0.182. The Morgan fingerprint density at radius 2 is 2.04 bits per heavy atom. The Labute approximate surface area is 266 Å². The maximum absolute atomic E-state index is 14.5. The summed E-state index contributed by atoms with van der Waals surface area (Å²) in [7, 11) is 0. The van der Waals surface area contributed by atoms with Gasteiger partial charge in [0.05, 0.1) is 35.3 Å². The van der Waals surface area contributed by atoms with Crippen LogP contribution in [0, 0.1) is 11.3 Å². The predicted octanol–water partition coefficient (Wildman–Crippen LogP) is 6.18. The molecular formula is C35H34ClFN6O2. The van der Waals surface area contributed by atoms with Crippen molar-refractivity contribution in [3.63, 3.8) is 0 Å². The van der Waals surface area contributed by atoms with Crippen molar-refractivity contribution in [3.05, 3.63) is 72.4 Å². The van der Waals surface area contributed by atoms with E-state index in [-0.39, 0.29) is 23.9 Å². The fraction of sp³-hybridized carbons (Fsp3) is 0.371. The summed E-state index contributed by atoms with van der Waals surface area (Å²) in [5, 5.41) is 12.2. The first kappa shape index (κ1) is 29.5. The molecule has 2 aromatic carbocycles. The number of nitrogens with zero attached hydrogens (tertiary/aromatic N) is 6. The molecule has 0 saturated carbocycles. The molecule has 0 spiro atoms. The molecule has 4 aromatic rings. The number of alkyl halides is 1. The average molecular weight is 625 g/mol. The van der Waals surface area contributed by atoms with E-state index in [1.165, 1.54) is 6.08 Å². The highest BCUT2D eigenvalue weighted by atomic mass is 35.5. The second kappa shape index (κ2) is 11.9. The van der Waals surface area contributed by atoms with Gasteiger partial charge in [0.15, 0.2) is 0 Å². The molecule has 3 fully saturated rings. The van der Waals surface area contributed by atoms with Crippen molar-refractivity contribution in [2.24, 2.45) is 0 Å². The number of hydrogen-bond donors (Lipinski definition) is 0. The quantitative estimate of drug-likeness (QED) is 0.227. The zero-order chi connectivity index (χ0) is 31.1. The van der Waals surface area contributed by atoms with E-state index in [1.54, 1.807) is 4.90 Å². The van der Waals surface area contributed by atoms with Crippen molar-refractivity contribution in [1.82, 2.24) is 19.8 Å². The summed E-state index contributed by atoms with van der Waals surface area (Å²) in [6.07, 6.45) is 4.89. The molecule has 3 saturated heterocycles. The van der Waals surface area contributed by atoms with Gasteiger partial charge in [0, 0.05) is 60.8 Å². The molecule has 3 atom stereocenters. The summed E-state index contributed by atoms with van der Waals surface area (Å²) in [6.45, 7) is 6.78. The summed E-state index contributed by atoms with van der Waals surface area (Å²) in [5.41, 5.74) is 3.68. The number of benzene rings is 2. The van der Waals surface area contributed by atoms with Crippen LogP contribution in [-0.2, 0) is 4.79 Å². The second-order valence-electron chi connectivity index (χ2n) is 12.3. The molecule has 230 valence electrons. The predicted molar refractivity (Wildman–Crippen MR) is 174 cm³/mol. The van der Waals surface area contributed by atoms with Crippen LogP contribution in [0.4, 0.5) is 10.1 Å². The lowest BCUT2D eigenvalue weighted by Crippen LogP contribution is -2.55. The van der Waals surface area contributed by atoms with Crippen molar-refractivity contribution in [2.45, 2.75) is 43.4 Å². The highest BCUT2D eigenvalue weighted by Gasteiger charge is 2.49. The number of amides is 1. The van der Waals surface area contributed by atoms with E-state index < -0.39 is 6.17 Å². The third-order valence-corrected chi connectivity index (χ3v) is 9.94. The Morgan fingerprint density at radius 3 is 2.87 bits per heavy atom. The number of hydrogen-bond acceptors (Lipinski definition) is 7. The monoisotopic (exact) mass is 624 g/mol. The normalized spacial score (nSPS) is 23.3. The first-order valence-electron chi connectivity index (χ1n) is 15.4. The second-order valence-corrected chi connectivity index (χ2v) is 12.7. The Kier molecular flexibility index (Phi) is 7.80. The SMILES string of the molecule is C=CC(=O)N1CCN(c2cc(OC[C@@]34CCCN3C[C@H](F)C4)nc3cc(-c4cccc5cccc(Cl)c45)cnc23)C[C@@H]1CC#N. The van der Waals surface area contributed by atoms with E-state index in [9.17, 15) is 14.4 Å². The minimum atomic E-state index is -0.847. The Balaban J connectivity index is 1.30. The van der Waals surface area contributed by atoms with Gasteiger partial charge in [-0.3, -0.25) is 14.7 Å². The highest BCUT2D eigenvalue weighted by molar-refractivity contribution is 6.36. The molecule has 1 amide bonds. The molecule has 3 aliphatic rings. The number of carbonyl (C=O) groups excluding carboxylic acids is 1. The van der Waals surface area contributed by atoms with Crippen LogP contribution in [0.5, 0.6) is 5.88 Å². The smallest absolute Gasteiger partial charge is 0.246 e. The molecule has 0 unspecified atom stereocenters.